The molecule has 0 amide bonds. The smallest absolute Gasteiger partial charge is 0.337 e. The molecule has 0 spiro atoms. The van der Waals surface area contributed by atoms with Gasteiger partial charge in [-0.15, -0.1) is 0 Å². The van der Waals surface area contributed by atoms with Crippen molar-refractivity contribution in [1.29, 1.82) is 0 Å². The number of carbonyl (C=O) groups is 1. The van der Waals surface area contributed by atoms with Crippen molar-refractivity contribution < 1.29 is 23.1 Å². The summed E-state index contributed by atoms with van der Waals surface area (Å²) >= 11 is 0. The number of carboxylic acids is 1. The Balaban J connectivity index is 2.31. The highest BCUT2D eigenvalue weighted by Crippen LogP contribution is 2.29. The van der Waals surface area contributed by atoms with Crippen LogP contribution in [0.1, 0.15) is 23.2 Å². The van der Waals surface area contributed by atoms with E-state index in [0.29, 0.717) is 5.75 Å². The standard InChI is InChI=1S/C11H13NO5S/c1-18(15,16)12-10-5-4-8(17-7-2-3-7)6-9(10)11(13)14/h4-7,12H,2-3H2,1H3,(H,13,14). The number of rotatable bonds is 5. The molecule has 1 aromatic rings. The summed E-state index contributed by atoms with van der Waals surface area (Å²) in [6, 6.07) is 4.27. The topological polar surface area (TPSA) is 92.7 Å². The van der Waals surface area contributed by atoms with E-state index in [4.69, 9.17) is 9.84 Å². The SMILES string of the molecule is CS(=O)(=O)Nc1ccc(OC2CC2)cc1C(=O)O. The largest absolute Gasteiger partial charge is 0.490 e. The maximum Gasteiger partial charge on any atom is 0.337 e. The third kappa shape index (κ3) is 3.36. The summed E-state index contributed by atoms with van der Waals surface area (Å²) in [6.07, 6.45) is 3.05. The van der Waals surface area contributed by atoms with E-state index in [2.05, 4.69) is 4.72 Å². The molecule has 0 aliphatic heterocycles. The predicted octanol–water partition coefficient (Wildman–Crippen LogP) is 1.30. The fraction of sp³-hybridized carbons (Fsp3) is 0.364. The van der Waals surface area contributed by atoms with Crippen LogP contribution in [0.15, 0.2) is 18.2 Å². The van der Waals surface area contributed by atoms with Gasteiger partial charge in [0.05, 0.1) is 23.6 Å². The van der Waals surface area contributed by atoms with E-state index in [9.17, 15) is 13.2 Å². The molecule has 2 rings (SSSR count). The Bertz CT molecular complexity index is 577. The minimum Gasteiger partial charge on any atom is -0.490 e. The molecule has 0 saturated heterocycles. The molecule has 18 heavy (non-hydrogen) atoms. The number of benzene rings is 1. The Morgan fingerprint density at radius 1 is 1.44 bits per heavy atom. The number of anilines is 1. The van der Waals surface area contributed by atoms with E-state index in [0.717, 1.165) is 19.1 Å². The van der Waals surface area contributed by atoms with Gasteiger partial charge in [-0.3, -0.25) is 4.72 Å². The average Bonchev–Trinajstić information content (AvgIpc) is 3.01. The molecule has 1 aromatic carbocycles. The zero-order valence-electron chi connectivity index (χ0n) is 9.71. The monoisotopic (exact) mass is 271 g/mol. The Kier molecular flexibility index (Phi) is 3.16. The maximum atomic E-state index is 11.1. The Labute approximate surface area is 105 Å². The second kappa shape index (κ2) is 4.49. The highest BCUT2D eigenvalue weighted by molar-refractivity contribution is 7.92. The highest BCUT2D eigenvalue weighted by atomic mass is 32.2. The van der Waals surface area contributed by atoms with Crippen LogP contribution in [0, 0.1) is 0 Å². The molecule has 1 aliphatic carbocycles. The van der Waals surface area contributed by atoms with Gasteiger partial charge in [0.1, 0.15) is 5.75 Å². The van der Waals surface area contributed by atoms with Gasteiger partial charge in [-0.25, -0.2) is 13.2 Å². The van der Waals surface area contributed by atoms with Gasteiger partial charge in [-0.2, -0.15) is 0 Å². The van der Waals surface area contributed by atoms with Crippen LogP contribution in [-0.4, -0.2) is 31.9 Å². The Morgan fingerprint density at radius 2 is 2.11 bits per heavy atom. The number of aromatic carboxylic acids is 1. The van der Waals surface area contributed by atoms with Crippen LogP contribution in [-0.2, 0) is 10.0 Å². The zero-order chi connectivity index (χ0) is 13.3. The quantitative estimate of drug-likeness (QED) is 0.842. The van der Waals surface area contributed by atoms with Crippen molar-refractivity contribution in [2.75, 3.05) is 11.0 Å². The molecule has 1 fully saturated rings. The molecule has 98 valence electrons. The van der Waals surface area contributed by atoms with Crippen LogP contribution in [0.5, 0.6) is 5.75 Å². The molecule has 0 unspecified atom stereocenters. The Morgan fingerprint density at radius 3 is 2.61 bits per heavy atom. The molecule has 2 N–H and O–H groups in total. The van der Waals surface area contributed by atoms with E-state index in [1.165, 1.54) is 12.1 Å². The highest BCUT2D eigenvalue weighted by Gasteiger charge is 2.24. The van der Waals surface area contributed by atoms with Gasteiger partial charge in [-0.1, -0.05) is 0 Å². The lowest BCUT2D eigenvalue weighted by Crippen LogP contribution is -2.13. The van der Waals surface area contributed by atoms with Crippen molar-refractivity contribution in [2.45, 2.75) is 18.9 Å². The van der Waals surface area contributed by atoms with Gasteiger partial charge in [0.2, 0.25) is 10.0 Å². The summed E-state index contributed by atoms with van der Waals surface area (Å²) in [5.41, 5.74) is -0.0910. The third-order valence-electron chi connectivity index (χ3n) is 2.34. The summed E-state index contributed by atoms with van der Waals surface area (Å²) in [6.45, 7) is 0. The van der Waals surface area contributed by atoms with Crippen molar-refractivity contribution in [2.24, 2.45) is 0 Å². The third-order valence-corrected chi connectivity index (χ3v) is 2.93. The number of carboxylic acid groups (broad SMARTS) is 1. The first-order valence-electron chi connectivity index (χ1n) is 5.37. The predicted molar refractivity (Wildman–Crippen MR) is 65.5 cm³/mol. The molecule has 0 atom stereocenters. The van der Waals surface area contributed by atoms with E-state index in [1.807, 2.05) is 0 Å². The molecule has 6 nitrogen and oxygen atoms in total. The lowest BCUT2D eigenvalue weighted by atomic mass is 10.2. The molecular weight excluding hydrogens is 258 g/mol. The molecular formula is C11H13NO5S. The summed E-state index contributed by atoms with van der Waals surface area (Å²) in [5, 5.41) is 9.05. The van der Waals surface area contributed by atoms with E-state index >= 15 is 0 Å². The van der Waals surface area contributed by atoms with Gasteiger partial charge in [0, 0.05) is 0 Å². The fourth-order valence-electron chi connectivity index (χ4n) is 1.44. The lowest BCUT2D eigenvalue weighted by molar-refractivity contribution is 0.0697. The molecule has 0 bridgehead atoms. The summed E-state index contributed by atoms with van der Waals surface area (Å²) in [4.78, 5) is 11.1. The van der Waals surface area contributed by atoms with Gasteiger partial charge < -0.3 is 9.84 Å². The molecule has 0 aromatic heterocycles. The van der Waals surface area contributed by atoms with Crippen LogP contribution in [0.2, 0.25) is 0 Å². The van der Waals surface area contributed by atoms with Crippen LogP contribution >= 0.6 is 0 Å². The first-order valence-corrected chi connectivity index (χ1v) is 7.26. The zero-order valence-corrected chi connectivity index (χ0v) is 10.5. The molecule has 0 radical (unpaired) electrons. The van der Waals surface area contributed by atoms with Crippen molar-refractivity contribution in [1.82, 2.24) is 0 Å². The maximum absolute atomic E-state index is 11.1. The molecule has 1 saturated carbocycles. The Hall–Kier alpha value is -1.76. The molecule has 0 heterocycles. The average molecular weight is 271 g/mol. The van der Waals surface area contributed by atoms with Crippen molar-refractivity contribution in [3.63, 3.8) is 0 Å². The van der Waals surface area contributed by atoms with Crippen molar-refractivity contribution in [3.05, 3.63) is 23.8 Å². The normalized spacial score (nSPS) is 15.2. The molecule has 7 heteroatoms. The van der Waals surface area contributed by atoms with Crippen LogP contribution in [0.4, 0.5) is 5.69 Å². The second-order valence-electron chi connectivity index (χ2n) is 4.20. The summed E-state index contributed by atoms with van der Waals surface area (Å²) < 4.78 is 29.8. The van der Waals surface area contributed by atoms with Gasteiger partial charge in [0.25, 0.3) is 0 Å². The summed E-state index contributed by atoms with van der Waals surface area (Å²) in [7, 11) is -3.51. The number of hydrogen-bond acceptors (Lipinski definition) is 4. The number of sulfonamides is 1. The van der Waals surface area contributed by atoms with Crippen LogP contribution in [0.3, 0.4) is 0 Å². The fourth-order valence-corrected chi connectivity index (χ4v) is 2.02. The van der Waals surface area contributed by atoms with Crippen molar-refractivity contribution in [3.8, 4) is 5.75 Å². The second-order valence-corrected chi connectivity index (χ2v) is 5.95. The van der Waals surface area contributed by atoms with Crippen LogP contribution in [0.25, 0.3) is 0 Å². The minimum absolute atomic E-state index is 0.0353. The molecule has 1 aliphatic rings. The van der Waals surface area contributed by atoms with E-state index in [-0.39, 0.29) is 17.4 Å². The van der Waals surface area contributed by atoms with E-state index in [1.54, 1.807) is 6.07 Å². The van der Waals surface area contributed by atoms with Gasteiger partial charge in [0.15, 0.2) is 0 Å². The number of hydrogen-bond donors (Lipinski definition) is 2. The first-order chi connectivity index (χ1) is 8.35. The first kappa shape index (κ1) is 12.7. The van der Waals surface area contributed by atoms with E-state index < -0.39 is 16.0 Å². The minimum atomic E-state index is -3.51. The van der Waals surface area contributed by atoms with Crippen LogP contribution < -0.4 is 9.46 Å². The van der Waals surface area contributed by atoms with Gasteiger partial charge in [-0.05, 0) is 31.0 Å². The summed E-state index contributed by atoms with van der Waals surface area (Å²) in [5.74, 6) is -0.767. The number of nitrogens with one attached hydrogen (secondary N) is 1. The van der Waals surface area contributed by atoms with Gasteiger partial charge >= 0.3 is 5.97 Å². The van der Waals surface area contributed by atoms with Crippen molar-refractivity contribution >= 4 is 21.7 Å². The number of ether oxygens (including phenoxy) is 1. The lowest BCUT2D eigenvalue weighted by Gasteiger charge is -2.10.